The van der Waals surface area contributed by atoms with Crippen molar-refractivity contribution in [3.8, 4) is 5.75 Å². The van der Waals surface area contributed by atoms with Gasteiger partial charge in [-0.25, -0.2) is 9.97 Å². The fourth-order valence-electron chi connectivity index (χ4n) is 3.31. The van der Waals surface area contributed by atoms with Crippen molar-refractivity contribution >= 4 is 23.0 Å². The summed E-state index contributed by atoms with van der Waals surface area (Å²) in [6, 6.07) is 8.57. The number of benzene rings is 1. The standard InChI is InChI=1S/C17H22N6O/c1-18-16-8-17(20-11-19-16)21-12-3-4-14-15(7-12)24-10-13-9-22(2)5-6-23(13)14/h3-4,7-8,11,13H,5-6,9-10H2,1-2H3,(H2,18,19,20,21)/t13-/m1/s1. The van der Waals surface area contributed by atoms with Gasteiger partial charge in [0.15, 0.2) is 0 Å². The van der Waals surface area contributed by atoms with E-state index in [4.69, 9.17) is 4.74 Å². The van der Waals surface area contributed by atoms with E-state index >= 15 is 0 Å². The van der Waals surface area contributed by atoms with Crippen molar-refractivity contribution < 1.29 is 4.74 Å². The van der Waals surface area contributed by atoms with Crippen molar-refractivity contribution in [2.45, 2.75) is 6.04 Å². The Morgan fingerprint density at radius 1 is 1.17 bits per heavy atom. The zero-order chi connectivity index (χ0) is 16.5. The van der Waals surface area contributed by atoms with Crippen LogP contribution in [0.5, 0.6) is 5.75 Å². The van der Waals surface area contributed by atoms with Gasteiger partial charge in [0.25, 0.3) is 0 Å². The lowest BCUT2D eigenvalue weighted by molar-refractivity contribution is 0.188. The summed E-state index contributed by atoms with van der Waals surface area (Å²) in [5.41, 5.74) is 2.14. The van der Waals surface area contributed by atoms with Gasteiger partial charge in [-0.15, -0.1) is 0 Å². The van der Waals surface area contributed by atoms with Gasteiger partial charge in [0.1, 0.15) is 30.3 Å². The first kappa shape index (κ1) is 15.0. The molecule has 7 nitrogen and oxygen atoms in total. The maximum atomic E-state index is 6.01. The summed E-state index contributed by atoms with van der Waals surface area (Å²) < 4.78 is 6.01. The third kappa shape index (κ3) is 2.82. The van der Waals surface area contributed by atoms with Gasteiger partial charge < -0.3 is 25.2 Å². The predicted octanol–water partition coefficient (Wildman–Crippen LogP) is 1.77. The van der Waals surface area contributed by atoms with E-state index in [1.54, 1.807) is 0 Å². The molecule has 0 aliphatic carbocycles. The summed E-state index contributed by atoms with van der Waals surface area (Å²) in [4.78, 5) is 13.2. The van der Waals surface area contributed by atoms with Gasteiger partial charge in [0, 0.05) is 44.5 Å². The first-order valence-electron chi connectivity index (χ1n) is 8.22. The molecule has 7 heteroatoms. The van der Waals surface area contributed by atoms with Gasteiger partial charge in [-0.3, -0.25) is 0 Å². The molecule has 2 aliphatic rings. The Labute approximate surface area is 141 Å². The van der Waals surface area contributed by atoms with Crippen LogP contribution in [0.4, 0.5) is 23.0 Å². The highest BCUT2D eigenvalue weighted by Gasteiger charge is 2.31. The molecular weight excluding hydrogens is 304 g/mol. The Hall–Kier alpha value is -2.54. The lowest BCUT2D eigenvalue weighted by Crippen LogP contribution is -2.56. The quantitative estimate of drug-likeness (QED) is 0.891. The molecule has 1 fully saturated rings. The predicted molar refractivity (Wildman–Crippen MR) is 95.4 cm³/mol. The van der Waals surface area contributed by atoms with Crippen molar-refractivity contribution in [2.24, 2.45) is 0 Å². The molecule has 2 aromatic rings. The van der Waals surface area contributed by atoms with Crippen molar-refractivity contribution in [1.82, 2.24) is 14.9 Å². The third-order valence-electron chi connectivity index (χ3n) is 4.58. The van der Waals surface area contributed by atoms with Crippen LogP contribution in [0.25, 0.3) is 0 Å². The molecule has 24 heavy (non-hydrogen) atoms. The number of nitrogens with zero attached hydrogens (tertiary/aromatic N) is 4. The maximum Gasteiger partial charge on any atom is 0.144 e. The van der Waals surface area contributed by atoms with E-state index in [9.17, 15) is 0 Å². The van der Waals surface area contributed by atoms with Crippen LogP contribution in [0.1, 0.15) is 0 Å². The molecule has 1 aromatic carbocycles. The van der Waals surface area contributed by atoms with Crippen LogP contribution in [0.2, 0.25) is 0 Å². The Bertz CT molecular complexity index is 737. The largest absolute Gasteiger partial charge is 0.489 e. The van der Waals surface area contributed by atoms with Crippen molar-refractivity contribution in [2.75, 3.05) is 55.9 Å². The highest BCUT2D eigenvalue weighted by Crippen LogP contribution is 2.37. The van der Waals surface area contributed by atoms with Gasteiger partial charge in [-0.2, -0.15) is 0 Å². The zero-order valence-corrected chi connectivity index (χ0v) is 14.0. The summed E-state index contributed by atoms with van der Waals surface area (Å²) in [7, 11) is 4.01. The first-order chi connectivity index (χ1) is 11.7. The van der Waals surface area contributed by atoms with Crippen LogP contribution in [0.3, 0.4) is 0 Å². The minimum atomic E-state index is 0.440. The van der Waals surface area contributed by atoms with Crippen molar-refractivity contribution in [1.29, 1.82) is 0 Å². The smallest absolute Gasteiger partial charge is 0.144 e. The maximum absolute atomic E-state index is 6.01. The van der Waals surface area contributed by atoms with Crippen LogP contribution < -0.4 is 20.3 Å². The van der Waals surface area contributed by atoms with Crippen molar-refractivity contribution in [3.63, 3.8) is 0 Å². The number of nitrogens with one attached hydrogen (secondary N) is 2. The van der Waals surface area contributed by atoms with E-state index in [1.807, 2.05) is 19.2 Å². The topological polar surface area (TPSA) is 65.6 Å². The molecule has 1 aromatic heterocycles. The second-order valence-electron chi connectivity index (χ2n) is 6.27. The van der Waals surface area contributed by atoms with E-state index in [0.29, 0.717) is 6.04 Å². The highest BCUT2D eigenvalue weighted by molar-refractivity contribution is 5.69. The summed E-state index contributed by atoms with van der Waals surface area (Å²) in [5.74, 6) is 2.47. The molecule has 2 aliphatic heterocycles. The number of hydrogen-bond donors (Lipinski definition) is 2. The molecule has 0 spiro atoms. The van der Waals surface area contributed by atoms with Gasteiger partial charge in [0.2, 0.25) is 0 Å². The normalized spacial score (nSPS) is 19.9. The Morgan fingerprint density at radius 2 is 2.04 bits per heavy atom. The van der Waals surface area contributed by atoms with E-state index in [-0.39, 0.29) is 0 Å². The van der Waals surface area contributed by atoms with Crippen LogP contribution in [0.15, 0.2) is 30.6 Å². The Morgan fingerprint density at radius 3 is 2.92 bits per heavy atom. The molecule has 0 bridgehead atoms. The average Bonchev–Trinajstić information content (AvgIpc) is 2.61. The van der Waals surface area contributed by atoms with Gasteiger partial charge in [-0.1, -0.05) is 0 Å². The monoisotopic (exact) mass is 326 g/mol. The lowest BCUT2D eigenvalue weighted by atomic mass is 10.1. The molecule has 0 unspecified atom stereocenters. The minimum Gasteiger partial charge on any atom is -0.489 e. The molecular formula is C17H22N6O. The zero-order valence-electron chi connectivity index (χ0n) is 14.0. The van der Waals surface area contributed by atoms with Gasteiger partial charge in [-0.05, 0) is 19.2 Å². The van der Waals surface area contributed by atoms with Gasteiger partial charge in [0.05, 0.1) is 11.7 Å². The van der Waals surface area contributed by atoms with Crippen molar-refractivity contribution in [3.05, 3.63) is 30.6 Å². The second-order valence-corrected chi connectivity index (χ2v) is 6.27. The molecule has 2 N–H and O–H groups in total. The fourth-order valence-corrected chi connectivity index (χ4v) is 3.31. The molecule has 0 amide bonds. The van der Waals surface area contributed by atoms with Gasteiger partial charge >= 0.3 is 0 Å². The molecule has 4 rings (SSSR count). The minimum absolute atomic E-state index is 0.440. The molecule has 0 radical (unpaired) electrons. The van der Waals surface area contributed by atoms with E-state index in [1.165, 1.54) is 12.0 Å². The molecule has 126 valence electrons. The molecule has 3 heterocycles. The number of fused-ring (bicyclic) bond motifs is 3. The third-order valence-corrected chi connectivity index (χ3v) is 4.58. The number of likely N-dealkylation sites (N-methyl/N-ethyl adjacent to an activating group) is 1. The summed E-state index contributed by atoms with van der Waals surface area (Å²) >= 11 is 0. The van der Waals surface area contributed by atoms with Crippen LogP contribution >= 0.6 is 0 Å². The Balaban J connectivity index is 1.56. The number of rotatable bonds is 3. The number of piperazine rings is 1. The fraction of sp³-hybridized carbons (Fsp3) is 0.412. The number of aromatic nitrogens is 2. The van der Waals surface area contributed by atoms with Crippen LogP contribution in [-0.4, -0.2) is 61.2 Å². The van der Waals surface area contributed by atoms with E-state index in [0.717, 1.165) is 49.3 Å². The number of hydrogen-bond acceptors (Lipinski definition) is 7. The van der Waals surface area contributed by atoms with E-state index < -0.39 is 0 Å². The second kappa shape index (κ2) is 6.16. The summed E-state index contributed by atoms with van der Waals surface area (Å²) in [6.07, 6.45) is 1.54. The Kier molecular flexibility index (Phi) is 3.86. The molecule has 1 saturated heterocycles. The lowest BCUT2D eigenvalue weighted by Gasteiger charge is -2.44. The SMILES string of the molecule is CNc1cc(Nc2ccc3c(c2)OC[C@H]2CN(C)CCN32)ncn1. The number of ether oxygens (including phenoxy) is 1. The highest BCUT2D eigenvalue weighted by atomic mass is 16.5. The first-order valence-corrected chi connectivity index (χ1v) is 8.22. The van der Waals surface area contributed by atoms with E-state index in [2.05, 4.69) is 49.6 Å². The van der Waals surface area contributed by atoms with Crippen LogP contribution in [0, 0.1) is 0 Å². The number of anilines is 4. The summed E-state index contributed by atoms with van der Waals surface area (Å²) in [5, 5.41) is 6.32. The van der Waals surface area contributed by atoms with Crippen LogP contribution in [-0.2, 0) is 0 Å². The molecule has 1 atom stereocenters. The molecule has 0 saturated carbocycles. The average molecular weight is 326 g/mol. The summed E-state index contributed by atoms with van der Waals surface area (Å²) in [6.45, 7) is 3.91.